The van der Waals surface area contributed by atoms with Crippen molar-refractivity contribution in [3.8, 4) is 11.1 Å². The van der Waals surface area contributed by atoms with E-state index >= 15 is 0 Å². The van der Waals surface area contributed by atoms with Crippen LogP contribution in [0.4, 0.5) is 0 Å². The van der Waals surface area contributed by atoms with Gasteiger partial charge in [-0.3, -0.25) is 9.59 Å². The Kier molecular flexibility index (Phi) is 7.33. The molecule has 4 rings (SSSR count). The second-order valence-corrected chi connectivity index (χ2v) is 11.7. The molecule has 5 nitrogen and oxygen atoms in total. The number of benzene rings is 2. The van der Waals surface area contributed by atoms with E-state index < -0.39 is 9.84 Å². The van der Waals surface area contributed by atoms with Gasteiger partial charge in [-0.2, -0.15) is 11.3 Å². The molecule has 0 bridgehead atoms. The Balaban J connectivity index is 1.60. The minimum Gasteiger partial charge on any atom is -0.339 e. The number of amides is 1. The third kappa shape index (κ3) is 5.47. The van der Waals surface area contributed by atoms with Crippen LogP contribution in [0.5, 0.6) is 0 Å². The molecular formula is C27H29NO4S2. The van der Waals surface area contributed by atoms with Crippen LogP contribution in [0.15, 0.2) is 64.2 Å². The average Bonchev–Trinajstić information content (AvgIpc) is 3.33. The van der Waals surface area contributed by atoms with Crippen LogP contribution >= 0.6 is 11.3 Å². The molecule has 1 aliphatic heterocycles. The Labute approximate surface area is 205 Å². The summed E-state index contributed by atoms with van der Waals surface area (Å²) < 4.78 is 24.4. The third-order valence-corrected chi connectivity index (χ3v) is 8.33. The highest BCUT2D eigenvalue weighted by atomic mass is 32.2. The average molecular weight is 496 g/mol. The number of hydrogen-bond acceptors (Lipinski definition) is 5. The summed E-state index contributed by atoms with van der Waals surface area (Å²) in [6, 6.07) is 14.6. The van der Waals surface area contributed by atoms with Gasteiger partial charge in [-0.15, -0.1) is 0 Å². The second kappa shape index (κ2) is 10.2. The summed E-state index contributed by atoms with van der Waals surface area (Å²) in [4.78, 5) is 27.3. The van der Waals surface area contributed by atoms with Crippen LogP contribution in [0.1, 0.15) is 64.8 Å². The van der Waals surface area contributed by atoms with E-state index in [4.69, 9.17) is 0 Å². The van der Waals surface area contributed by atoms with Crippen LogP contribution in [0.25, 0.3) is 11.1 Å². The Morgan fingerprint density at radius 3 is 2.38 bits per heavy atom. The van der Waals surface area contributed by atoms with E-state index in [1.165, 1.54) is 17.9 Å². The molecule has 34 heavy (non-hydrogen) atoms. The molecule has 1 atom stereocenters. The maximum absolute atomic E-state index is 13.7. The van der Waals surface area contributed by atoms with Gasteiger partial charge in [-0.1, -0.05) is 36.8 Å². The molecule has 0 radical (unpaired) electrons. The van der Waals surface area contributed by atoms with Crippen molar-refractivity contribution in [2.45, 2.75) is 43.4 Å². The highest BCUT2D eigenvalue weighted by molar-refractivity contribution is 7.90. The maximum atomic E-state index is 13.7. The lowest BCUT2D eigenvalue weighted by Crippen LogP contribution is -2.35. The summed E-state index contributed by atoms with van der Waals surface area (Å²) in [6.45, 7) is 2.82. The number of thiophene rings is 1. The van der Waals surface area contributed by atoms with E-state index in [2.05, 4.69) is 0 Å². The monoisotopic (exact) mass is 495 g/mol. The van der Waals surface area contributed by atoms with Gasteiger partial charge in [-0.05, 0) is 77.8 Å². The van der Waals surface area contributed by atoms with Crippen LogP contribution in [0, 0.1) is 0 Å². The SMILES string of the molecule is CC(=O)c1ccc(C2CCCCN(C(=O)c3cc(S(C)(=O)=O)ccc3-c3ccsc3)CC2)cc1. The Hall–Kier alpha value is -2.77. The fraction of sp³-hybridized carbons (Fsp3) is 0.333. The molecule has 2 aromatic carbocycles. The molecule has 0 aliphatic carbocycles. The van der Waals surface area contributed by atoms with E-state index in [1.807, 2.05) is 46.0 Å². The zero-order valence-electron chi connectivity index (χ0n) is 19.5. The number of hydrogen-bond donors (Lipinski definition) is 0. The molecule has 1 aromatic heterocycles. The molecule has 7 heteroatoms. The zero-order chi connectivity index (χ0) is 24.3. The van der Waals surface area contributed by atoms with E-state index in [1.54, 1.807) is 30.4 Å². The number of Topliss-reactive ketones (excluding diaryl/α,β-unsaturated/α-hetero) is 1. The molecule has 1 unspecified atom stereocenters. The first-order valence-corrected chi connectivity index (χ1v) is 14.3. The van der Waals surface area contributed by atoms with Crippen molar-refractivity contribution in [2.75, 3.05) is 19.3 Å². The smallest absolute Gasteiger partial charge is 0.254 e. The quantitative estimate of drug-likeness (QED) is 0.418. The molecule has 0 N–H and O–H groups in total. The predicted molar refractivity (Wildman–Crippen MR) is 136 cm³/mol. The molecule has 1 fully saturated rings. The highest BCUT2D eigenvalue weighted by Crippen LogP contribution is 2.32. The molecule has 1 saturated heterocycles. The lowest BCUT2D eigenvalue weighted by molar-refractivity contribution is 0.0738. The number of rotatable bonds is 5. The van der Waals surface area contributed by atoms with Gasteiger partial charge < -0.3 is 4.90 Å². The third-order valence-electron chi connectivity index (χ3n) is 6.54. The summed E-state index contributed by atoms with van der Waals surface area (Å²) in [7, 11) is -3.43. The van der Waals surface area contributed by atoms with Gasteiger partial charge >= 0.3 is 0 Å². The summed E-state index contributed by atoms with van der Waals surface area (Å²) in [5, 5.41) is 3.92. The molecule has 1 aliphatic rings. The molecule has 178 valence electrons. The fourth-order valence-corrected chi connectivity index (χ4v) is 5.86. The van der Waals surface area contributed by atoms with E-state index in [-0.39, 0.29) is 16.6 Å². The molecule has 1 amide bonds. The fourth-order valence-electron chi connectivity index (χ4n) is 4.56. The van der Waals surface area contributed by atoms with Gasteiger partial charge in [0, 0.05) is 30.5 Å². The summed E-state index contributed by atoms with van der Waals surface area (Å²) in [5.74, 6) is 0.244. The first kappa shape index (κ1) is 24.4. The minimum absolute atomic E-state index is 0.0544. The van der Waals surface area contributed by atoms with Crippen LogP contribution in [0.2, 0.25) is 0 Å². The molecule has 0 saturated carbocycles. The van der Waals surface area contributed by atoms with Gasteiger partial charge in [0.05, 0.1) is 4.90 Å². The number of sulfone groups is 1. The lowest BCUT2D eigenvalue weighted by Gasteiger charge is -2.29. The molecule has 0 spiro atoms. The first-order chi connectivity index (χ1) is 16.2. The van der Waals surface area contributed by atoms with Crippen molar-refractivity contribution >= 4 is 32.9 Å². The first-order valence-electron chi connectivity index (χ1n) is 11.5. The number of likely N-dealkylation sites (tertiary alicyclic amines) is 1. The number of ketones is 1. The van der Waals surface area contributed by atoms with Crippen molar-refractivity contribution in [3.05, 3.63) is 76.0 Å². The zero-order valence-corrected chi connectivity index (χ0v) is 21.1. The van der Waals surface area contributed by atoms with Gasteiger partial charge in [0.1, 0.15) is 0 Å². The van der Waals surface area contributed by atoms with Crippen molar-refractivity contribution in [1.29, 1.82) is 0 Å². The van der Waals surface area contributed by atoms with Crippen LogP contribution in [-0.2, 0) is 9.84 Å². The lowest BCUT2D eigenvalue weighted by atomic mass is 9.88. The van der Waals surface area contributed by atoms with E-state index in [0.717, 1.165) is 36.8 Å². The van der Waals surface area contributed by atoms with Gasteiger partial charge in [0.25, 0.3) is 5.91 Å². The number of carbonyl (C=O) groups is 2. The normalized spacial score (nSPS) is 17.1. The van der Waals surface area contributed by atoms with Crippen molar-refractivity contribution in [3.63, 3.8) is 0 Å². The number of nitrogens with zero attached hydrogens (tertiary/aromatic N) is 1. The van der Waals surface area contributed by atoms with Crippen molar-refractivity contribution < 1.29 is 18.0 Å². The topological polar surface area (TPSA) is 71.5 Å². The van der Waals surface area contributed by atoms with Crippen LogP contribution in [-0.4, -0.2) is 44.4 Å². The van der Waals surface area contributed by atoms with Crippen LogP contribution < -0.4 is 0 Å². The highest BCUT2D eigenvalue weighted by Gasteiger charge is 2.25. The summed E-state index contributed by atoms with van der Waals surface area (Å²) >= 11 is 1.54. The maximum Gasteiger partial charge on any atom is 0.254 e. The van der Waals surface area contributed by atoms with E-state index in [0.29, 0.717) is 30.1 Å². The van der Waals surface area contributed by atoms with Crippen molar-refractivity contribution in [2.24, 2.45) is 0 Å². The second-order valence-electron chi connectivity index (χ2n) is 8.94. The van der Waals surface area contributed by atoms with Crippen LogP contribution in [0.3, 0.4) is 0 Å². The molecule has 3 aromatic rings. The van der Waals surface area contributed by atoms with Gasteiger partial charge in [0.15, 0.2) is 15.6 Å². The minimum atomic E-state index is -3.43. The Morgan fingerprint density at radius 2 is 1.74 bits per heavy atom. The predicted octanol–water partition coefficient (Wildman–Crippen LogP) is 5.82. The largest absolute Gasteiger partial charge is 0.339 e. The summed E-state index contributed by atoms with van der Waals surface area (Å²) in [6.07, 6.45) is 4.94. The van der Waals surface area contributed by atoms with Gasteiger partial charge in [-0.25, -0.2) is 8.42 Å². The number of carbonyl (C=O) groups excluding carboxylic acids is 2. The van der Waals surface area contributed by atoms with Gasteiger partial charge in [0.2, 0.25) is 0 Å². The van der Waals surface area contributed by atoms with E-state index in [9.17, 15) is 18.0 Å². The Morgan fingerprint density at radius 1 is 0.971 bits per heavy atom. The summed E-state index contributed by atoms with van der Waals surface area (Å²) in [5.41, 5.74) is 4.01. The molecular weight excluding hydrogens is 466 g/mol. The standard InChI is InChI=1S/C27H29NO4S2/c1-19(29)20-6-8-22(9-7-20)21-5-3-4-14-28(15-12-21)27(30)26-17-24(34(2,31)32)10-11-25(26)23-13-16-33-18-23/h6-11,13,16-18,21H,3-5,12,14-15H2,1-2H3. The Bertz CT molecular complexity index is 1280. The molecule has 2 heterocycles. The van der Waals surface area contributed by atoms with Crippen molar-refractivity contribution in [1.82, 2.24) is 4.90 Å².